The Balaban J connectivity index is 3.19. The van der Waals surface area contributed by atoms with Crippen molar-refractivity contribution in [2.75, 3.05) is 0 Å². The Morgan fingerprint density at radius 3 is 2.33 bits per heavy atom. The number of alkyl halides is 1. The predicted molar refractivity (Wildman–Crippen MR) is 39.3 cm³/mol. The molecule has 0 bridgehead atoms. The number of hydrogen-bond donors (Lipinski definition) is 0. The van der Waals surface area contributed by atoms with Gasteiger partial charge in [0.05, 0.1) is 6.07 Å². The second-order valence-electron chi connectivity index (χ2n) is 2.57. The van der Waals surface area contributed by atoms with Crippen molar-refractivity contribution in [1.29, 1.82) is 5.26 Å². The first-order valence-electron chi connectivity index (χ1n) is 3.20. The lowest BCUT2D eigenvalue weighted by Crippen LogP contribution is -1.96. The van der Waals surface area contributed by atoms with Gasteiger partial charge in [0, 0.05) is 0 Å². The summed E-state index contributed by atoms with van der Waals surface area (Å²) >= 11 is 5.55. The first-order valence-corrected chi connectivity index (χ1v) is 3.64. The minimum absolute atomic E-state index is 0.285. The van der Waals surface area contributed by atoms with E-state index in [0.29, 0.717) is 5.92 Å². The molecule has 0 amide bonds. The molecule has 0 aromatic carbocycles. The van der Waals surface area contributed by atoms with Crippen LogP contribution in [0.1, 0.15) is 26.7 Å². The molecule has 1 nitrogen and oxygen atoms in total. The molecule has 0 aliphatic heterocycles. The zero-order valence-electron chi connectivity index (χ0n) is 5.89. The van der Waals surface area contributed by atoms with Crippen molar-refractivity contribution in [2.45, 2.75) is 32.1 Å². The molecule has 0 fully saturated rings. The topological polar surface area (TPSA) is 23.8 Å². The van der Waals surface area contributed by atoms with Crippen molar-refractivity contribution in [1.82, 2.24) is 0 Å². The fraction of sp³-hybridized carbons (Fsp3) is 0.857. The zero-order chi connectivity index (χ0) is 7.28. The van der Waals surface area contributed by atoms with Gasteiger partial charge in [-0.25, -0.2) is 0 Å². The molecule has 1 unspecified atom stereocenters. The minimum Gasteiger partial charge on any atom is -0.197 e. The standard InChI is InChI=1S/C7H12ClN/c1-6(2)3-4-7(8)5-9/h6-7H,3-4H2,1-2H3. The van der Waals surface area contributed by atoms with Crippen LogP contribution in [0.3, 0.4) is 0 Å². The highest BCUT2D eigenvalue weighted by Gasteiger charge is 2.02. The highest BCUT2D eigenvalue weighted by Crippen LogP contribution is 2.09. The van der Waals surface area contributed by atoms with Crippen molar-refractivity contribution in [2.24, 2.45) is 5.92 Å². The molecular formula is C7H12ClN. The average molecular weight is 146 g/mol. The quantitative estimate of drug-likeness (QED) is 0.560. The third-order valence-corrected chi connectivity index (χ3v) is 1.45. The van der Waals surface area contributed by atoms with E-state index in [2.05, 4.69) is 13.8 Å². The molecule has 1 atom stereocenters. The summed E-state index contributed by atoms with van der Waals surface area (Å²) in [6.45, 7) is 4.25. The Morgan fingerprint density at radius 1 is 1.44 bits per heavy atom. The minimum atomic E-state index is -0.285. The van der Waals surface area contributed by atoms with E-state index in [0.717, 1.165) is 12.8 Å². The Hall–Kier alpha value is -0.220. The van der Waals surface area contributed by atoms with Crippen LogP contribution in [-0.2, 0) is 0 Å². The molecule has 0 heterocycles. The van der Waals surface area contributed by atoms with Gasteiger partial charge in [0.25, 0.3) is 0 Å². The molecule has 0 saturated heterocycles. The fourth-order valence-corrected chi connectivity index (χ4v) is 0.670. The smallest absolute Gasteiger partial charge is 0.120 e. The summed E-state index contributed by atoms with van der Waals surface area (Å²) in [5.74, 6) is 0.652. The maximum absolute atomic E-state index is 8.27. The summed E-state index contributed by atoms with van der Waals surface area (Å²) in [6.07, 6.45) is 1.86. The summed E-state index contributed by atoms with van der Waals surface area (Å²) < 4.78 is 0. The molecular weight excluding hydrogens is 134 g/mol. The van der Waals surface area contributed by atoms with E-state index in [9.17, 15) is 0 Å². The molecule has 0 aromatic rings. The zero-order valence-corrected chi connectivity index (χ0v) is 6.65. The van der Waals surface area contributed by atoms with Crippen molar-refractivity contribution >= 4 is 11.6 Å². The van der Waals surface area contributed by atoms with Crippen LogP contribution < -0.4 is 0 Å². The number of nitriles is 1. The van der Waals surface area contributed by atoms with Crippen LogP contribution in [0.4, 0.5) is 0 Å². The monoisotopic (exact) mass is 145 g/mol. The summed E-state index contributed by atoms with van der Waals surface area (Å²) in [5.41, 5.74) is 0. The molecule has 0 rings (SSSR count). The molecule has 0 aromatic heterocycles. The molecule has 0 N–H and O–H groups in total. The molecule has 9 heavy (non-hydrogen) atoms. The van der Waals surface area contributed by atoms with Crippen molar-refractivity contribution in [3.05, 3.63) is 0 Å². The number of rotatable bonds is 3. The number of hydrogen-bond acceptors (Lipinski definition) is 1. The van der Waals surface area contributed by atoms with Crippen molar-refractivity contribution in [3.8, 4) is 6.07 Å². The van der Waals surface area contributed by atoms with Gasteiger partial charge in [-0.15, -0.1) is 11.6 Å². The summed E-state index contributed by atoms with van der Waals surface area (Å²) in [7, 11) is 0. The van der Waals surface area contributed by atoms with Gasteiger partial charge in [0.2, 0.25) is 0 Å². The highest BCUT2D eigenvalue weighted by atomic mass is 35.5. The fourth-order valence-electron chi connectivity index (χ4n) is 0.544. The normalized spacial score (nSPS) is 13.2. The van der Waals surface area contributed by atoms with E-state index >= 15 is 0 Å². The van der Waals surface area contributed by atoms with E-state index < -0.39 is 0 Å². The molecule has 0 radical (unpaired) electrons. The highest BCUT2D eigenvalue weighted by molar-refractivity contribution is 6.22. The first-order chi connectivity index (χ1) is 4.16. The van der Waals surface area contributed by atoms with Crippen LogP contribution in [0.15, 0.2) is 0 Å². The number of nitrogens with zero attached hydrogens (tertiary/aromatic N) is 1. The molecule has 0 aliphatic carbocycles. The maximum Gasteiger partial charge on any atom is 0.120 e. The van der Waals surface area contributed by atoms with E-state index in [4.69, 9.17) is 16.9 Å². The van der Waals surface area contributed by atoms with Crippen LogP contribution in [0.25, 0.3) is 0 Å². The van der Waals surface area contributed by atoms with Crippen molar-refractivity contribution in [3.63, 3.8) is 0 Å². The predicted octanol–water partition coefficient (Wildman–Crippen LogP) is 2.55. The number of halogens is 1. The average Bonchev–Trinajstić information content (AvgIpc) is 1.83. The van der Waals surface area contributed by atoms with Gasteiger partial charge in [0.15, 0.2) is 0 Å². The van der Waals surface area contributed by atoms with E-state index in [-0.39, 0.29) is 5.38 Å². The Bertz CT molecular complexity index is 104. The van der Waals surface area contributed by atoms with Gasteiger partial charge >= 0.3 is 0 Å². The molecule has 0 aliphatic rings. The maximum atomic E-state index is 8.27. The lowest BCUT2D eigenvalue weighted by Gasteiger charge is -2.02. The summed E-state index contributed by atoms with van der Waals surface area (Å²) in [6, 6.07) is 1.99. The third-order valence-electron chi connectivity index (χ3n) is 1.14. The Morgan fingerprint density at radius 2 is 2.00 bits per heavy atom. The van der Waals surface area contributed by atoms with Crippen LogP contribution in [-0.4, -0.2) is 5.38 Å². The van der Waals surface area contributed by atoms with Gasteiger partial charge in [0.1, 0.15) is 5.38 Å². The van der Waals surface area contributed by atoms with Crippen molar-refractivity contribution < 1.29 is 0 Å². The van der Waals surface area contributed by atoms with E-state index in [1.54, 1.807) is 0 Å². The van der Waals surface area contributed by atoms with Gasteiger partial charge in [-0.05, 0) is 18.8 Å². The Kier molecular flexibility index (Phi) is 4.53. The van der Waals surface area contributed by atoms with Crippen LogP contribution in [0.5, 0.6) is 0 Å². The summed E-state index contributed by atoms with van der Waals surface area (Å²) in [4.78, 5) is 0. The lowest BCUT2D eigenvalue weighted by molar-refractivity contribution is 0.564. The second-order valence-corrected chi connectivity index (χ2v) is 3.09. The van der Waals surface area contributed by atoms with Gasteiger partial charge in [-0.1, -0.05) is 13.8 Å². The molecule has 52 valence electrons. The first kappa shape index (κ1) is 8.78. The van der Waals surface area contributed by atoms with E-state index in [1.807, 2.05) is 6.07 Å². The molecule has 0 saturated carbocycles. The lowest BCUT2D eigenvalue weighted by atomic mass is 10.1. The third kappa shape index (κ3) is 5.65. The van der Waals surface area contributed by atoms with Crippen LogP contribution in [0.2, 0.25) is 0 Å². The van der Waals surface area contributed by atoms with Gasteiger partial charge in [-0.3, -0.25) is 0 Å². The van der Waals surface area contributed by atoms with Gasteiger partial charge < -0.3 is 0 Å². The molecule has 2 heteroatoms. The second kappa shape index (κ2) is 4.64. The summed E-state index contributed by atoms with van der Waals surface area (Å²) in [5, 5.41) is 7.98. The van der Waals surface area contributed by atoms with Crippen LogP contribution >= 0.6 is 11.6 Å². The molecule has 0 spiro atoms. The van der Waals surface area contributed by atoms with Gasteiger partial charge in [-0.2, -0.15) is 5.26 Å². The van der Waals surface area contributed by atoms with E-state index in [1.165, 1.54) is 0 Å². The SMILES string of the molecule is CC(C)CCC(Cl)C#N. The Labute approximate surface area is 61.6 Å². The largest absolute Gasteiger partial charge is 0.197 e. The van der Waals surface area contributed by atoms with Crippen LogP contribution in [0, 0.1) is 17.2 Å².